The molecule has 0 radical (unpaired) electrons. The molecular formula is C29H27Cl2F3N4O2. The molecule has 0 bridgehead atoms. The summed E-state index contributed by atoms with van der Waals surface area (Å²) in [5.41, 5.74) is 1.92. The predicted octanol–water partition coefficient (Wildman–Crippen LogP) is 7.06. The van der Waals surface area contributed by atoms with Gasteiger partial charge >= 0.3 is 12.4 Å². The highest BCUT2D eigenvalue weighted by atomic mass is 35.5. The van der Waals surface area contributed by atoms with Crippen LogP contribution in [0, 0.1) is 0 Å². The maximum atomic E-state index is 14.2. The van der Waals surface area contributed by atoms with E-state index in [2.05, 4.69) is 15.0 Å². The number of fused-ring (bicyclic) bond motifs is 2. The molecule has 1 aromatic heterocycles. The molecule has 5 rings (SSSR count). The third-order valence-electron chi connectivity index (χ3n) is 7.24. The number of carbonyl (C=O) groups is 1. The number of nitrogens with one attached hydrogen (secondary N) is 1. The van der Waals surface area contributed by atoms with Crippen LogP contribution in [0.3, 0.4) is 0 Å². The number of benzene rings is 2. The number of pyridine rings is 1. The van der Waals surface area contributed by atoms with Crippen molar-refractivity contribution in [2.24, 2.45) is 0 Å². The van der Waals surface area contributed by atoms with Crippen molar-refractivity contribution in [1.29, 1.82) is 0 Å². The van der Waals surface area contributed by atoms with Gasteiger partial charge < -0.3 is 15.0 Å². The zero-order chi connectivity index (χ0) is 28.3. The van der Waals surface area contributed by atoms with Crippen LogP contribution in [0.4, 0.5) is 23.7 Å². The van der Waals surface area contributed by atoms with E-state index in [0.717, 1.165) is 11.1 Å². The lowest BCUT2D eigenvalue weighted by molar-refractivity contribution is -0.275. The van der Waals surface area contributed by atoms with Gasteiger partial charge in [-0.05, 0) is 73.5 Å². The van der Waals surface area contributed by atoms with Crippen molar-refractivity contribution in [3.05, 3.63) is 93.7 Å². The second-order valence-electron chi connectivity index (χ2n) is 9.92. The van der Waals surface area contributed by atoms with Crippen LogP contribution in [0.1, 0.15) is 29.5 Å². The molecule has 2 aromatic carbocycles. The second kappa shape index (κ2) is 11.7. The maximum absolute atomic E-state index is 14.2. The van der Waals surface area contributed by atoms with Gasteiger partial charge in [0.2, 0.25) is 0 Å². The molecule has 11 heteroatoms. The molecule has 3 aromatic rings. The summed E-state index contributed by atoms with van der Waals surface area (Å²) in [5.74, 6) is -0.253. The number of amides is 2. The fourth-order valence-electron chi connectivity index (χ4n) is 5.47. The molecule has 1 saturated heterocycles. The molecule has 40 heavy (non-hydrogen) atoms. The van der Waals surface area contributed by atoms with Gasteiger partial charge in [-0.1, -0.05) is 53.6 Å². The topological polar surface area (TPSA) is 57.7 Å². The van der Waals surface area contributed by atoms with E-state index in [4.69, 9.17) is 23.2 Å². The van der Waals surface area contributed by atoms with Crippen molar-refractivity contribution < 1.29 is 22.7 Å². The quantitative estimate of drug-likeness (QED) is 0.312. The van der Waals surface area contributed by atoms with Crippen LogP contribution in [0.5, 0.6) is 5.75 Å². The number of alkyl halides is 3. The molecule has 6 nitrogen and oxygen atoms in total. The van der Waals surface area contributed by atoms with Gasteiger partial charge in [-0.2, -0.15) is 0 Å². The lowest BCUT2D eigenvalue weighted by Crippen LogP contribution is -2.48. The fourth-order valence-corrected chi connectivity index (χ4v) is 5.79. The van der Waals surface area contributed by atoms with Crippen molar-refractivity contribution >= 4 is 41.0 Å². The van der Waals surface area contributed by atoms with E-state index in [1.807, 2.05) is 24.3 Å². The van der Waals surface area contributed by atoms with Crippen LogP contribution in [-0.4, -0.2) is 48.5 Å². The van der Waals surface area contributed by atoms with E-state index in [1.54, 1.807) is 46.3 Å². The van der Waals surface area contributed by atoms with Crippen LogP contribution in [-0.2, 0) is 12.0 Å². The number of ether oxygens (including phenoxy) is 1. The zero-order valence-corrected chi connectivity index (χ0v) is 22.9. The Labute approximate surface area is 240 Å². The Morgan fingerprint density at radius 2 is 1.88 bits per heavy atom. The van der Waals surface area contributed by atoms with Crippen LogP contribution in [0.25, 0.3) is 6.08 Å². The Balaban J connectivity index is 1.49. The zero-order valence-electron chi connectivity index (χ0n) is 21.4. The van der Waals surface area contributed by atoms with Crippen LogP contribution in [0.15, 0.2) is 66.9 Å². The first kappa shape index (κ1) is 28.3. The van der Waals surface area contributed by atoms with Crippen molar-refractivity contribution in [3.63, 3.8) is 0 Å². The molecule has 2 aliphatic heterocycles. The lowest BCUT2D eigenvalue weighted by Gasteiger charge is -2.36. The van der Waals surface area contributed by atoms with Gasteiger partial charge in [0.25, 0.3) is 0 Å². The number of hydrogen-bond acceptors (Lipinski definition) is 4. The number of halogens is 5. The van der Waals surface area contributed by atoms with Gasteiger partial charge in [-0.15, -0.1) is 13.2 Å². The van der Waals surface area contributed by atoms with Gasteiger partial charge in [-0.3, -0.25) is 4.90 Å². The van der Waals surface area contributed by atoms with Crippen molar-refractivity contribution in [3.8, 4) is 5.75 Å². The first-order valence-electron chi connectivity index (χ1n) is 12.8. The molecule has 1 spiro atoms. The largest absolute Gasteiger partial charge is 0.573 e. The van der Waals surface area contributed by atoms with E-state index < -0.39 is 11.8 Å². The average Bonchev–Trinajstić information content (AvgIpc) is 3.23. The van der Waals surface area contributed by atoms with E-state index in [0.29, 0.717) is 47.4 Å². The van der Waals surface area contributed by atoms with Gasteiger partial charge in [0.1, 0.15) is 10.9 Å². The molecule has 2 amide bonds. The molecule has 0 saturated carbocycles. The average molecular weight is 591 g/mol. The Morgan fingerprint density at radius 1 is 1.12 bits per heavy atom. The van der Waals surface area contributed by atoms with Crippen molar-refractivity contribution in [1.82, 2.24) is 15.2 Å². The normalized spacial score (nSPS) is 16.4. The number of hydrogen-bond donors (Lipinski definition) is 1. The summed E-state index contributed by atoms with van der Waals surface area (Å²) in [6.07, 6.45) is 1.64. The first-order valence-corrected chi connectivity index (χ1v) is 13.6. The van der Waals surface area contributed by atoms with E-state index >= 15 is 0 Å². The lowest BCUT2D eigenvalue weighted by atomic mass is 9.74. The number of urea groups is 1. The highest BCUT2D eigenvalue weighted by Crippen LogP contribution is 2.51. The van der Waals surface area contributed by atoms with Gasteiger partial charge in [0.15, 0.2) is 0 Å². The van der Waals surface area contributed by atoms with E-state index in [9.17, 15) is 18.0 Å². The number of rotatable bonds is 6. The van der Waals surface area contributed by atoms with E-state index in [-0.39, 0.29) is 31.4 Å². The smallest absolute Gasteiger partial charge is 0.405 e. The van der Waals surface area contributed by atoms with Crippen LogP contribution in [0.2, 0.25) is 10.2 Å². The third kappa shape index (κ3) is 6.37. The molecular weight excluding hydrogens is 564 g/mol. The highest BCUT2D eigenvalue weighted by Gasteiger charge is 2.49. The summed E-state index contributed by atoms with van der Waals surface area (Å²) in [7, 11) is 0. The minimum absolute atomic E-state index is 0.227. The Kier molecular flexibility index (Phi) is 8.26. The standard InChI is InChI=1S/C29H27Cl2F3N4O2/c30-22-8-6-20(7-9-22)3-2-16-37(18-21-10-13-36-25(31)17-21)27(39)38-19-28(11-14-35-15-12-28)26-23(38)4-1-5-24(26)40-29(32,33)34/h1-10,13,17,35H,11-12,14-16,18-19H2. The summed E-state index contributed by atoms with van der Waals surface area (Å²) < 4.78 is 44.6. The van der Waals surface area contributed by atoms with Crippen LogP contribution >= 0.6 is 23.2 Å². The number of piperidine rings is 1. The van der Waals surface area contributed by atoms with Crippen molar-refractivity contribution in [2.45, 2.75) is 31.2 Å². The number of nitrogens with zero attached hydrogens (tertiary/aromatic N) is 3. The summed E-state index contributed by atoms with van der Waals surface area (Å²) in [6.45, 7) is 2.00. The second-order valence-corrected chi connectivity index (χ2v) is 10.7. The van der Waals surface area contributed by atoms with Crippen molar-refractivity contribution in [2.75, 3.05) is 31.1 Å². The molecule has 3 heterocycles. The number of carbonyl (C=O) groups excluding carboxylic acids is 1. The highest BCUT2D eigenvalue weighted by molar-refractivity contribution is 6.30. The predicted molar refractivity (Wildman–Crippen MR) is 150 cm³/mol. The van der Waals surface area contributed by atoms with Gasteiger partial charge in [0, 0.05) is 41.8 Å². The minimum atomic E-state index is -4.85. The molecule has 210 valence electrons. The summed E-state index contributed by atoms with van der Waals surface area (Å²) >= 11 is 12.1. The summed E-state index contributed by atoms with van der Waals surface area (Å²) in [4.78, 5) is 21.4. The van der Waals surface area contributed by atoms with E-state index in [1.165, 1.54) is 12.1 Å². The monoisotopic (exact) mass is 590 g/mol. The van der Waals surface area contributed by atoms with Crippen LogP contribution < -0.4 is 15.0 Å². The molecule has 0 aliphatic carbocycles. The number of anilines is 1. The fraction of sp³-hybridized carbons (Fsp3) is 0.310. The minimum Gasteiger partial charge on any atom is -0.405 e. The molecule has 1 N–H and O–H groups in total. The molecule has 1 fully saturated rings. The Hall–Kier alpha value is -3.27. The maximum Gasteiger partial charge on any atom is 0.573 e. The van der Waals surface area contributed by atoms with Gasteiger partial charge in [0.05, 0.1) is 5.69 Å². The summed E-state index contributed by atoms with van der Waals surface area (Å²) in [5, 5.41) is 4.20. The molecule has 0 unspecified atom stereocenters. The Morgan fingerprint density at radius 3 is 2.58 bits per heavy atom. The summed E-state index contributed by atoms with van der Waals surface area (Å²) in [6, 6.07) is 15.0. The Bertz CT molecular complexity index is 1390. The SMILES string of the molecule is O=C(N(CC=Cc1ccc(Cl)cc1)Cc1ccnc(Cl)c1)N1CC2(CCNCC2)c2c(OC(F)(F)F)cccc21. The molecule has 2 aliphatic rings. The molecule has 0 atom stereocenters. The third-order valence-corrected chi connectivity index (χ3v) is 7.70. The number of aromatic nitrogens is 1. The van der Waals surface area contributed by atoms with Gasteiger partial charge in [-0.25, -0.2) is 9.78 Å². The first-order chi connectivity index (χ1) is 19.1.